The first-order valence-electron chi connectivity index (χ1n) is 10.1. The summed E-state index contributed by atoms with van der Waals surface area (Å²) in [5, 5.41) is 0.727. The van der Waals surface area contributed by atoms with Gasteiger partial charge in [0.05, 0.1) is 6.61 Å². The molecule has 1 aromatic heterocycles. The minimum Gasteiger partial charge on any atom is -0.493 e. The van der Waals surface area contributed by atoms with Crippen LogP contribution in [0.15, 0.2) is 33.5 Å². The Balaban J connectivity index is 1.40. The van der Waals surface area contributed by atoms with E-state index < -0.39 is 5.63 Å². The summed E-state index contributed by atoms with van der Waals surface area (Å²) in [6.45, 7) is 5.80. The number of piperidine rings is 1. The van der Waals surface area contributed by atoms with Crippen molar-refractivity contribution in [2.45, 2.75) is 51.9 Å². The predicted octanol–water partition coefficient (Wildman–Crippen LogP) is 4.42. The molecular formula is C22H29NO4. The molecule has 0 radical (unpaired) electrons. The van der Waals surface area contributed by atoms with Crippen molar-refractivity contribution in [1.82, 2.24) is 4.90 Å². The number of hydrogen-bond donors (Lipinski definition) is 0. The minimum atomic E-state index is -0.596. The van der Waals surface area contributed by atoms with Gasteiger partial charge in [-0.1, -0.05) is 19.3 Å². The number of fused-ring (bicyclic) bond motifs is 1. The van der Waals surface area contributed by atoms with Crippen LogP contribution in [0, 0.1) is 0 Å². The number of ether oxygens (including phenoxy) is 1. The lowest BCUT2D eigenvalue weighted by Crippen LogP contribution is -2.30. The molecular weight excluding hydrogens is 342 g/mol. The van der Waals surface area contributed by atoms with Gasteiger partial charge in [0.15, 0.2) is 5.78 Å². The van der Waals surface area contributed by atoms with Crippen molar-refractivity contribution >= 4 is 16.8 Å². The van der Waals surface area contributed by atoms with Crippen molar-refractivity contribution < 1.29 is 13.9 Å². The summed E-state index contributed by atoms with van der Waals surface area (Å²) in [5.41, 5.74) is -0.0643. The highest BCUT2D eigenvalue weighted by Gasteiger charge is 2.10. The fraction of sp³-hybridized carbons (Fsp3) is 0.545. The van der Waals surface area contributed by atoms with E-state index in [9.17, 15) is 9.59 Å². The zero-order chi connectivity index (χ0) is 19.1. The SMILES string of the molecule is CC(=O)c1cc2ccc(OCCCCCCN3CCCCC3)cc2oc1=O. The molecule has 0 spiro atoms. The second kappa shape index (κ2) is 9.70. The third kappa shape index (κ3) is 5.67. The van der Waals surface area contributed by atoms with E-state index in [0.29, 0.717) is 17.9 Å². The molecule has 1 saturated heterocycles. The highest BCUT2D eigenvalue weighted by Crippen LogP contribution is 2.21. The van der Waals surface area contributed by atoms with Crippen molar-refractivity contribution in [3.63, 3.8) is 0 Å². The molecule has 1 aromatic carbocycles. The molecule has 5 heteroatoms. The van der Waals surface area contributed by atoms with Gasteiger partial charge in [0.25, 0.3) is 0 Å². The second-order valence-electron chi connectivity index (χ2n) is 7.37. The molecule has 2 aromatic rings. The van der Waals surface area contributed by atoms with E-state index in [1.165, 1.54) is 65.1 Å². The standard InChI is InChI=1S/C22H29NO4/c1-17(24)20-15-18-9-10-19(16-21(18)27-22(20)25)26-14-8-3-2-5-11-23-12-6-4-7-13-23/h9-10,15-16H,2-8,11-14H2,1H3. The minimum absolute atomic E-state index is 0.0840. The number of benzene rings is 1. The van der Waals surface area contributed by atoms with Crippen LogP contribution >= 0.6 is 0 Å². The lowest BCUT2D eigenvalue weighted by Gasteiger charge is -2.26. The van der Waals surface area contributed by atoms with Crippen LogP contribution < -0.4 is 10.4 Å². The number of unbranched alkanes of at least 4 members (excludes halogenated alkanes) is 3. The largest absolute Gasteiger partial charge is 0.493 e. The summed E-state index contributed by atoms with van der Waals surface area (Å²) in [6, 6.07) is 6.97. The van der Waals surface area contributed by atoms with Gasteiger partial charge in [-0.3, -0.25) is 4.79 Å². The van der Waals surface area contributed by atoms with Gasteiger partial charge in [-0.2, -0.15) is 0 Å². The number of Topliss-reactive ketones (excluding diaryl/α,β-unsaturated/α-hetero) is 1. The molecule has 2 heterocycles. The van der Waals surface area contributed by atoms with Crippen LogP contribution in [-0.4, -0.2) is 36.9 Å². The van der Waals surface area contributed by atoms with E-state index in [0.717, 1.165) is 11.8 Å². The average molecular weight is 371 g/mol. The topological polar surface area (TPSA) is 59.8 Å². The Hall–Kier alpha value is -2.14. The maximum absolute atomic E-state index is 11.8. The molecule has 0 aliphatic carbocycles. The van der Waals surface area contributed by atoms with Gasteiger partial charge < -0.3 is 14.1 Å². The van der Waals surface area contributed by atoms with Crippen LogP contribution in [0.4, 0.5) is 0 Å². The number of carbonyl (C=O) groups excluding carboxylic acids is 1. The summed E-state index contributed by atoms with van der Waals surface area (Å²) in [6.07, 6.45) is 8.79. The van der Waals surface area contributed by atoms with E-state index in [2.05, 4.69) is 4.90 Å². The quantitative estimate of drug-likeness (QED) is 0.371. The Labute approximate surface area is 160 Å². The summed E-state index contributed by atoms with van der Waals surface area (Å²) >= 11 is 0. The van der Waals surface area contributed by atoms with Gasteiger partial charge in [0.2, 0.25) is 0 Å². The van der Waals surface area contributed by atoms with E-state index in [1.54, 1.807) is 12.1 Å². The Bertz CT molecular complexity index is 821. The zero-order valence-electron chi connectivity index (χ0n) is 16.2. The summed E-state index contributed by atoms with van der Waals surface area (Å²) < 4.78 is 11.0. The monoisotopic (exact) mass is 371 g/mol. The van der Waals surface area contributed by atoms with Crippen molar-refractivity contribution in [3.05, 3.63) is 40.2 Å². The van der Waals surface area contributed by atoms with Crippen molar-refractivity contribution in [3.8, 4) is 5.75 Å². The maximum Gasteiger partial charge on any atom is 0.347 e. The molecule has 1 aliphatic rings. The first-order chi connectivity index (χ1) is 13.1. The van der Waals surface area contributed by atoms with Gasteiger partial charge >= 0.3 is 5.63 Å². The number of nitrogens with zero attached hydrogens (tertiary/aromatic N) is 1. The highest BCUT2D eigenvalue weighted by molar-refractivity contribution is 5.96. The predicted molar refractivity (Wildman–Crippen MR) is 107 cm³/mol. The Kier molecular flexibility index (Phi) is 7.04. The van der Waals surface area contributed by atoms with E-state index >= 15 is 0 Å². The number of hydrogen-bond acceptors (Lipinski definition) is 5. The molecule has 146 valence electrons. The van der Waals surface area contributed by atoms with Crippen molar-refractivity contribution in [2.75, 3.05) is 26.2 Å². The van der Waals surface area contributed by atoms with Crippen LogP contribution in [0.1, 0.15) is 62.2 Å². The zero-order valence-corrected chi connectivity index (χ0v) is 16.2. The van der Waals surface area contributed by atoms with Gasteiger partial charge in [0, 0.05) is 11.5 Å². The molecule has 0 saturated carbocycles. The van der Waals surface area contributed by atoms with Gasteiger partial charge in [-0.25, -0.2) is 4.79 Å². The van der Waals surface area contributed by atoms with Crippen LogP contribution in [0.25, 0.3) is 11.0 Å². The summed E-state index contributed by atoms with van der Waals surface area (Å²) in [4.78, 5) is 25.8. The van der Waals surface area contributed by atoms with Crippen molar-refractivity contribution in [2.24, 2.45) is 0 Å². The molecule has 1 aliphatic heterocycles. The lowest BCUT2D eigenvalue weighted by molar-refractivity contribution is 0.101. The van der Waals surface area contributed by atoms with Crippen molar-refractivity contribution in [1.29, 1.82) is 0 Å². The summed E-state index contributed by atoms with van der Waals surface area (Å²) in [7, 11) is 0. The third-order valence-corrected chi connectivity index (χ3v) is 5.17. The average Bonchev–Trinajstić information content (AvgIpc) is 2.67. The molecule has 1 fully saturated rings. The smallest absolute Gasteiger partial charge is 0.347 e. The first-order valence-corrected chi connectivity index (χ1v) is 10.1. The number of likely N-dealkylation sites (tertiary alicyclic amines) is 1. The fourth-order valence-electron chi connectivity index (χ4n) is 3.59. The molecule has 27 heavy (non-hydrogen) atoms. The highest BCUT2D eigenvalue weighted by atomic mass is 16.5. The number of ketones is 1. The van der Waals surface area contributed by atoms with E-state index in [-0.39, 0.29) is 11.3 Å². The van der Waals surface area contributed by atoms with Crippen LogP contribution in [0.2, 0.25) is 0 Å². The number of rotatable bonds is 9. The van der Waals surface area contributed by atoms with Crippen LogP contribution in [0.5, 0.6) is 5.75 Å². The van der Waals surface area contributed by atoms with E-state index in [1.807, 2.05) is 12.1 Å². The molecule has 0 N–H and O–H groups in total. The molecule has 0 atom stereocenters. The molecule has 3 rings (SSSR count). The van der Waals surface area contributed by atoms with Crippen LogP contribution in [-0.2, 0) is 0 Å². The van der Waals surface area contributed by atoms with Crippen LogP contribution in [0.3, 0.4) is 0 Å². The maximum atomic E-state index is 11.8. The third-order valence-electron chi connectivity index (χ3n) is 5.17. The molecule has 0 unspecified atom stereocenters. The molecule has 5 nitrogen and oxygen atoms in total. The fourth-order valence-corrected chi connectivity index (χ4v) is 3.59. The molecule has 0 bridgehead atoms. The van der Waals surface area contributed by atoms with Gasteiger partial charge in [-0.05, 0) is 70.4 Å². The molecule has 0 amide bonds. The van der Waals surface area contributed by atoms with Gasteiger partial charge in [0.1, 0.15) is 16.9 Å². The Morgan fingerprint density at radius 3 is 2.63 bits per heavy atom. The number of carbonyl (C=O) groups is 1. The van der Waals surface area contributed by atoms with E-state index in [4.69, 9.17) is 9.15 Å². The summed E-state index contributed by atoms with van der Waals surface area (Å²) in [5.74, 6) is 0.404. The van der Waals surface area contributed by atoms with Gasteiger partial charge in [-0.15, -0.1) is 0 Å². The Morgan fingerprint density at radius 1 is 1.07 bits per heavy atom. The normalized spacial score (nSPS) is 15.1. The Morgan fingerprint density at radius 2 is 1.85 bits per heavy atom. The second-order valence-corrected chi connectivity index (χ2v) is 7.37. The lowest BCUT2D eigenvalue weighted by atomic mass is 10.1. The first kappa shape index (κ1) is 19.6.